The molecule has 0 aromatic rings. The van der Waals surface area contributed by atoms with E-state index in [4.69, 9.17) is 0 Å². The molecule has 1 N–H and O–H groups in total. The van der Waals surface area contributed by atoms with Crippen LogP contribution >= 0.6 is 0 Å². The van der Waals surface area contributed by atoms with Gasteiger partial charge in [0.2, 0.25) is 0 Å². The Labute approximate surface area is 62.1 Å². The predicted molar refractivity (Wildman–Crippen MR) is 44.4 cm³/mol. The third-order valence-electron chi connectivity index (χ3n) is 1.84. The fourth-order valence-electron chi connectivity index (χ4n) is 0.944. The standard InChI is InChI=1S/C9H13N/c1-6-5-7(2)9(4)10-8(6)3/h5,10H,3H2,1-2,4H3. The van der Waals surface area contributed by atoms with E-state index in [1.807, 2.05) is 0 Å². The second-order valence-corrected chi connectivity index (χ2v) is 2.74. The molecule has 1 aliphatic heterocycles. The molecule has 0 spiro atoms. The molecule has 1 aliphatic rings. The smallest absolute Gasteiger partial charge is 0.0338 e. The number of hydrogen-bond donors (Lipinski definition) is 1. The monoisotopic (exact) mass is 135 g/mol. The Bertz CT molecular complexity index is 231. The molecule has 0 radical (unpaired) electrons. The summed E-state index contributed by atoms with van der Waals surface area (Å²) in [4.78, 5) is 0. The van der Waals surface area contributed by atoms with Crippen LogP contribution in [0.5, 0.6) is 0 Å². The van der Waals surface area contributed by atoms with Crippen LogP contribution in [0, 0.1) is 0 Å². The van der Waals surface area contributed by atoms with Crippen molar-refractivity contribution in [3.05, 3.63) is 35.2 Å². The SMILES string of the molecule is C=C1NC(C)=C(C)C=C1C. The second kappa shape index (κ2) is 2.33. The van der Waals surface area contributed by atoms with Crippen molar-refractivity contribution in [2.45, 2.75) is 20.8 Å². The normalized spacial score (nSPS) is 18.7. The van der Waals surface area contributed by atoms with Crippen LogP contribution in [-0.4, -0.2) is 0 Å². The minimum absolute atomic E-state index is 1.02. The number of allylic oxidation sites excluding steroid dienone is 4. The third-order valence-corrected chi connectivity index (χ3v) is 1.84. The number of nitrogens with one attached hydrogen (secondary N) is 1. The highest BCUT2D eigenvalue weighted by molar-refractivity contribution is 5.40. The fraction of sp³-hybridized carbons (Fsp3) is 0.333. The van der Waals surface area contributed by atoms with Crippen LogP contribution in [0.1, 0.15) is 20.8 Å². The van der Waals surface area contributed by atoms with Crippen molar-refractivity contribution in [2.75, 3.05) is 0 Å². The summed E-state index contributed by atoms with van der Waals surface area (Å²) in [6, 6.07) is 0. The molecule has 1 rings (SSSR count). The fourth-order valence-corrected chi connectivity index (χ4v) is 0.944. The molecule has 10 heavy (non-hydrogen) atoms. The van der Waals surface area contributed by atoms with E-state index < -0.39 is 0 Å². The molecule has 0 unspecified atom stereocenters. The van der Waals surface area contributed by atoms with Crippen LogP contribution in [0.2, 0.25) is 0 Å². The first kappa shape index (κ1) is 7.13. The Morgan fingerprint density at radius 1 is 1.30 bits per heavy atom. The lowest BCUT2D eigenvalue weighted by molar-refractivity contribution is 0.939. The van der Waals surface area contributed by atoms with Gasteiger partial charge < -0.3 is 5.32 Å². The topological polar surface area (TPSA) is 12.0 Å². The Balaban J connectivity index is 2.99. The highest BCUT2D eigenvalue weighted by Gasteiger charge is 2.04. The van der Waals surface area contributed by atoms with Crippen LogP contribution < -0.4 is 5.32 Å². The van der Waals surface area contributed by atoms with Gasteiger partial charge in [-0.05, 0) is 31.9 Å². The van der Waals surface area contributed by atoms with Crippen molar-refractivity contribution >= 4 is 0 Å². The zero-order valence-corrected chi connectivity index (χ0v) is 6.78. The van der Waals surface area contributed by atoms with Crippen LogP contribution in [0.15, 0.2) is 35.2 Å². The van der Waals surface area contributed by atoms with E-state index in [9.17, 15) is 0 Å². The van der Waals surface area contributed by atoms with Gasteiger partial charge in [-0.25, -0.2) is 0 Å². The van der Waals surface area contributed by atoms with Gasteiger partial charge >= 0.3 is 0 Å². The number of rotatable bonds is 0. The minimum Gasteiger partial charge on any atom is -0.359 e. The Kier molecular flexibility index (Phi) is 1.66. The third kappa shape index (κ3) is 1.13. The summed E-state index contributed by atoms with van der Waals surface area (Å²) in [7, 11) is 0. The Morgan fingerprint density at radius 3 is 2.40 bits per heavy atom. The molecule has 0 bridgehead atoms. The molecule has 0 aromatic heterocycles. The molecule has 0 atom stereocenters. The largest absolute Gasteiger partial charge is 0.359 e. The van der Waals surface area contributed by atoms with Crippen molar-refractivity contribution < 1.29 is 0 Å². The summed E-state index contributed by atoms with van der Waals surface area (Å²) >= 11 is 0. The maximum atomic E-state index is 3.87. The minimum atomic E-state index is 1.02. The average Bonchev–Trinajstić information content (AvgIpc) is 1.84. The van der Waals surface area contributed by atoms with Gasteiger partial charge in [0.25, 0.3) is 0 Å². The number of hydrogen-bond acceptors (Lipinski definition) is 1. The van der Waals surface area contributed by atoms with E-state index in [1.54, 1.807) is 0 Å². The van der Waals surface area contributed by atoms with Crippen molar-refractivity contribution in [1.82, 2.24) is 5.32 Å². The van der Waals surface area contributed by atoms with Crippen molar-refractivity contribution in [3.63, 3.8) is 0 Å². The average molecular weight is 135 g/mol. The first-order valence-electron chi connectivity index (χ1n) is 3.43. The molecular weight excluding hydrogens is 122 g/mol. The zero-order chi connectivity index (χ0) is 7.72. The first-order valence-corrected chi connectivity index (χ1v) is 3.43. The van der Waals surface area contributed by atoms with Crippen molar-refractivity contribution in [2.24, 2.45) is 0 Å². The van der Waals surface area contributed by atoms with Crippen LogP contribution in [0.25, 0.3) is 0 Å². The molecule has 0 aliphatic carbocycles. The van der Waals surface area contributed by atoms with Gasteiger partial charge in [-0.2, -0.15) is 0 Å². The van der Waals surface area contributed by atoms with E-state index in [1.165, 1.54) is 16.8 Å². The lowest BCUT2D eigenvalue weighted by atomic mass is 10.1. The highest BCUT2D eigenvalue weighted by Crippen LogP contribution is 2.17. The lowest BCUT2D eigenvalue weighted by Crippen LogP contribution is -2.15. The quantitative estimate of drug-likeness (QED) is 0.537. The summed E-state index contributed by atoms with van der Waals surface area (Å²) in [5.41, 5.74) is 4.74. The molecule has 0 aromatic carbocycles. The predicted octanol–water partition coefficient (Wildman–Crippen LogP) is 2.34. The van der Waals surface area contributed by atoms with Crippen LogP contribution in [0.4, 0.5) is 0 Å². The van der Waals surface area contributed by atoms with Gasteiger partial charge in [0.15, 0.2) is 0 Å². The molecule has 1 nitrogen and oxygen atoms in total. The molecule has 0 amide bonds. The van der Waals surface area contributed by atoms with E-state index in [-0.39, 0.29) is 0 Å². The molecule has 0 saturated carbocycles. The van der Waals surface area contributed by atoms with Gasteiger partial charge in [0.05, 0.1) is 0 Å². The maximum absolute atomic E-state index is 3.87. The molecule has 0 saturated heterocycles. The lowest BCUT2D eigenvalue weighted by Gasteiger charge is -2.17. The van der Waals surface area contributed by atoms with E-state index in [0.29, 0.717) is 0 Å². The van der Waals surface area contributed by atoms with E-state index >= 15 is 0 Å². The van der Waals surface area contributed by atoms with Crippen LogP contribution in [-0.2, 0) is 0 Å². The summed E-state index contributed by atoms with van der Waals surface area (Å²) in [5.74, 6) is 0. The van der Waals surface area contributed by atoms with Gasteiger partial charge in [0, 0.05) is 11.4 Å². The highest BCUT2D eigenvalue weighted by atomic mass is 14.9. The van der Waals surface area contributed by atoms with Crippen molar-refractivity contribution in [3.8, 4) is 0 Å². The summed E-state index contributed by atoms with van der Waals surface area (Å²) in [5, 5.41) is 3.20. The molecule has 1 heterocycles. The first-order chi connectivity index (χ1) is 4.61. The van der Waals surface area contributed by atoms with Crippen molar-refractivity contribution in [1.29, 1.82) is 0 Å². The summed E-state index contributed by atoms with van der Waals surface area (Å²) in [6.45, 7) is 10.1. The molecule has 54 valence electrons. The maximum Gasteiger partial charge on any atom is 0.0338 e. The zero-order valence-electron chi connectivity index (χ0n) is 6.78. The van der Waals surface area contributed by atoms with E-state index in [2.05, 4.69) is 38.7 Å². The second-order valence-electron chi connectivity index (χ2n) is 2.74. The molecule has 0 fully saturated rings. The van der Waals surface area contributed by atoms with Gasteiger partial charge in [0.1, 0.15) is 0 Å². The molecular formula is C9H13N. The Morgan fingerprint density at radius 2 is 1.90 bits per heavy atom. The summed E-state index contributed by atoms with van der Waals surface area (Å²) in [6.07, 6.45) is 2.15. The molecule has 1 heteroatoms. The van der Waals surface area contributed by atoms with E-state index in [0.717, 1.165) is 5.70 Å². The van der Waals surface area contributed by atoms with Gasteiger partial charge in [-0.1, -0.05) is 12.7 Å². The summed E-state index contributed by atoms with van der Waals surface area (Å²) < 4.78 is 0. The van der Waals surface area contributed by atoms with Gasteiger partial charge in [-0.3, -0.25) is 0 Å². The number of dihydropyridines is 1. The Hall–Kier alpha value is -0.980. The van der Waals surface area contributed by atoms with Gasteiger partial charge in [-0.15, -0.1) is 0 Å². The van der Waals surface area contributed by atoms with Crippen LogP contribution in [0.3, 0.4) is 0 Å².